The molecule has 0 amide bonds. The van der Waals surface area contributed by atoms with Gasteiger partial charge in [0.15, 0.2) is 0 Å². The highest BCUT2D eigenvalue weighted by Gasteiger charge is 2.44. The molecule has 1 saturated carbocycles. The highest BCUT2D eigenvalue weighted by atomic mass is 16.5. The molecule has 2 saturated heterocycles. The van der Waals surface area contributed by atoms with Gasteiger partial charge in [0.1, 0.15) is 0 Å². The van der Waals surface area contributed by atoms with Crippen molar-refractivity contribution in [2.75, 3.05) is 26.2 Å². The topological polar surface area (TPSA) is 24.5 Å². The summed E-state index contributed by atoms with van der Waals surface area (Å²) in [6.07, 6.45) is 9.25. The lowest BCUT2D eigenvalue weighted by Gasteiger charge is -2.51. The lowest BCUT2D eigenvalue weighted by atomic mass is 9.73. The minimum atomic E-state index is 0.290. The van der Waals surface area contributed by atoms with E-state index in [9.17, 15) is 0 Å². The third kappa shape index (κ3) is 2.45. The predicted molar refractivity (Wildman–Crippen MR) is 73.8 cm³/mol. The Kier molecular flexibility index (Phi) is 3.92. The number of hydrogen-bond donors (Lipinski definition) is 1. The molecular weight excluding hydrogens is 224 g/mol. The SMILES string of the molecule is CCN(C1CCCNC1)C1CCOC2(CCC2)C1. The summed E-state index contributed by atoms with van der Waals surface area (Å²) < 4.78 is 6.07. The maximum absolute atomic E-state index is 6.07. The number of rotatable bonds is 3. The van der Waals surface area contributed by atoms with Crippen LogP contribution < -0.4 is 5.32 Å². The van der Waals surface area contributed by atoms with E-state index >= 15 is 0 Å². The summed E-state index contributed by atoms with van der Waals surface area (Å²) in [5, 5.41) is 3.56. The molecule has 1 spiro atoms. The highest BCUT2D eigenvalue weighted by Crippen LogP contribution is 2.43. The average molecular weight is 252 g/mol. The fraction of sp³-hybridized carbons (Fsp3) is 1.00. The van der Waals surface area contributed by atoms with Crippen molar-refractivity contribution in [3.8, 4) is 0 Å². The first-order valence-corrected chi connectivity index (χ1v) is 7.93. The maximum Gasteiger partial charge on any atom is 0.0697 e. The minimum Gasteiger partial charge on any atom is -0.375 e. The smallest absolute Gasteiger partial charge is 0.0697 e. The molecule has 2 aliphatic heterocycles. The van der Waals surface area contributed by atoms with Gasteiger partial charge in [-0.3, -0.25) is 4.90 Å². The third-order valence-electron chi connectivity index (χ3n) is 5.31. The van der Waals surface area contributed by atoms with Crippen molar-refractivity contribution in [2.45, 2.75) is 69.6 Å². The molecule has 3 aliphatic rings. The molecule has 1 N–H and O–H groups in total. The fourth-order valence-corrected chi connectivity index (χ4v) is 4.14. The van der Waals surface area contributed by atoms with Crippen LogP contribution in [-0.2, 0) is 4.74 Å². The molecule has 104 valence electrons. The Bertz CT molecular complexity index is 272. The average Bonchev–Trinajstić information content (AvgIpc) is 2.39. The van der Waals surface area contributed by atoms with Gasteiger partial charge in [0.2, 0.25) is 0 Å². The van der Waals surface area contributed by atoms with E-state index in [0.29, 0.717) is 5.60 Å². The summed E-state index contributed by atoms with van der Waals surface area (Å²) in [5.41, 5.74) is 0.290. The van der Waals surface area contributed by atoms with E-state index in [4.69, 9.17) is 4.74 Å². The van der Waals surface area contributed by atoms with E-state index in [0.717, 1.165) is 18.7 Å². The molecule has 18 heavy (non-hydrogen) atoms. The van der Waals surface area contributed by atoms with Crippen molar-refractivity contribution in [2.24, 2.45) is 0 Å². The van der Waals surface area contributed by atoms with Crippen LogP contribution in [0.5, 0.6) is 0 Å². The molecule has 0 aromatic rings. The number of nitrogens with one attached hydrogen (secondary N) is 1. The lowest BCUT2D eigenvalue weighted by Crippen LogP contribution is -2.56. The molecule has 0 bridgehead atoms. The van der Waals surface area contributed by atoms with E-state index in [1.165, 1.54) is 64.6 Å². The first-order chi connectivity index (χ1) is 8.83. The quantitative estimate of drug-likeness (QED) is 0.833. The Morgan fingerprint density at radius 2 is 2.11 bits per heavy atom. The second-order valence-corrected chi connectivity index (χ2v) is 6.36. The Hall–Kier alpha value is -0.120. The summed E-state index contributed by atoms with van der Waals surface area (Å²) in [6.45, 7) is 6.93. The van der Waals surface area contributed by atoms with Crippen molar-refractivity contribution in [1.29, 1.82) is 0 Å². The molecule has 2 heterocycles. The Labute approximate surface area is 111 Å². The van der Waals surface area contributed by atoms with Gasteiger partial charge < -0.3 is 10.1 Å². The second-order valence-electron chi connectivity index (χ2n) is 6.36. The monoisotopic (exact) mass is 252 g/mol. The molecule has 2 atom stereocenters. The van der Waals surface area contributed by atoms with E-state index < -0.39 is 0 Å². The van der Waals surface area contributed by atoms with Crippen LogP contribution >= 0.6 is 0 Å². The van der Waals surface area contributed by atoms with Crippen LogP contribution in [0.4, 0.5) is 0 Å². The Morgan fingerprint density at radius 1 is 1.22 bits per heavy atom. The number of likely N-dealkylation sites (N-methyl/N-ethyl adjacent to an activating group) is 1. The molecule has 0 aromatic heterocycles. The first kappa shape index (κ1) is 12.9. The molecule has 3 heteroatoms. The Balaban J connectivity index is 1.63. The number of piperidine rings is 1. The fourth-order valence-electron chi connectivity index (χ4n) is 4.14. The van der Waals surface area contributed by atoms with Gasteiger partial charge in [-0.2, -0.15) is 0 Å². The molecule has 0 aromatic carbocycles. The van der Waals surface area contributed by atoms with Gasteiger partial charge in [0.05, 0.1) is 5.60 Å². The zero-order valence-corrected chi connectivity index (χ0v) is 11.8. The van der Waals surface area contributed by atoms with Crippen LogP contribution in [0.1, 0.15) is 51.9 Å². The summed E-state index contributed by atoms with van der Waals surface area (Å²) in [4.78, 5) is 2.77. The molecule has 3 nitrogen and oxygen atoms in total. The van der Waals surface area contributed by atoms with Crippen molar-refractivity contribution in [3.63, 3.8) is 0 Å². The van der Waals surface area contributed by atoms with Gasteiger partial charge in [-0.05, 0) is 58.0 Å². The zero-order chi connectivity index (χ0) is 12.4. The minimum absolute atomic E-state index is 0.290. The van der Waals surface area contributed by atoms with E-state index in [2.05, 4.69) is 17.1 Å². The number of nitrogens with zero attached hydrogens (tertiary/aromatic N) is 1. The van der Waals surface area contributed by atoms with Crippen LogP contribution in [0.2, 0.25) is 0 Å². The predicted octanol–water partition coefficient (Wildman–Crippen LogP) is 2.16. The van der Waals surface area contributed by atoms with Gasteiger partial charge >= 0.3 is 0 Å². The van der Waals surface area contributed by atoms with Crippen LogP contribution in [0.25, 0.3) is 0 Å². The van der Waals surface area contributed by atoms with E-state index in [1.807, 2.05) is 0 Å². The van der Waals surface area contributed by atoms with Crippen LogP contribution in [0.15, 0.2) is 0 Å². The van der Waals surface area contributed by atoms with Gasteiger partial charge in [-0.1, -0.05) is 6.92 Å². The van der Waals surface area contributed by atoms with E-state index in [-0.39, 0.29) is 0 Å². The number of hydrogen-bond acceptors (Lipinski definition) is 3. The van der Waals surface area contributed by atoms with E-state index in [1.54, 1.807) is 0 Å². The lowest BCUT2D eigenvalue weighted by molar-refractivity contribution is -0.152. The van der Waals surface area contributed by atoms with Crippen molar-refractivity contribution in [1.82, 2.24) is 10.2 Å². The highest BCUT2D eigenvalue weighted by molar-refractivity contribution is 4.98. The standard InChI is InChI=1S/C15H28N2O/c1-2-17(14-5-3-9-16-12-14)13-6-10-18-15(11-13)7-4-8-15/h13-14,16H,2-12H2,1H3. The first-order valence-electron chi connectivity index (χ1n) is 7.93. The van der Waals surface area contributed by atoms with Gasteiger partial charge in [0.25, 0.3) is 0 Å². The van der Waals surface area contributed by atoms with Crippen molar-refractivity contribution < 1.29 is 4.74 Å². The Morgan fingerprint density at radius 3 is 2.72 bits per heavy atom. The second kappa shape index (κ2) is 5.48. The molecule has 0 radical (unpaired) electrons. The maximum atomic E-state index is 6.07. The number of ether oxygens (including phenoxy) is 1. The summed E-state index contributed by atoms with van der Waals surface area (Å²) >= 11 is 0. The molecule has 2 unspecified atom stereocenters. The third-order valence-corrected chi connectivity index (χ3v) is 5.31. The molecule has 3 fully saturated rings. The zero-order valence-electron chi connectivity index (χ0n) is 11.8. The molecular formula is C15H28N2O. The van der Waals surface area contributed by atoms with Crippen LogP contribution in [0.3, 0.4) is 0 Å². The summed E-state index contributed by atoms with van der Waals surface area (Å²) in [6, 6.07) is 1.54. The van der Waals surface area contributed by atoms with Gasteiger partial charge in [0, 0.05) is 25.2 Å². The van der Waals surface area contributed by atoms with Crippen molar-refractivity contribution >= 4 is 0 Å². The summed E-state index contributed by atoms with van der Waals surface area (Å²) in [5.74, 6) is 0. The molecule has 3 rings (SSSR count). The van der Waals surface area contributed by atoms with Gasteiger partial charge in [-0.25, -0.2) is 0 Å². The van der Waals surface area contributed by atoms with Gasteiger partial charge in [-0.15, -0.1) is 0 Å². The largest absolute Gasteiger partial charge is 0.375 e. The summed E-state index contributed by atoms with van der Waals surface area (Å²) in [7, 11) is 0. The van der Waals surface area contributed by atoms with Crippen LogP contribution in [-0.4, -0.2) is 48.8 Å². The normalized spacial score (nSPS) is 35.7. The van der Waals surface area contributed by atoms with Crippen molar-refractivity contribution in [3.05, 3.63) is 0 Å². The molecule has 1 aliphatic carbocycles. The van der Waals surface area contributed by atoms with Crippen LogP contribution in [0, 0.1) is 0 Å².